The number of carbonyl (C=O) groups is 1. The Bertz CT molecular complexity index is 1080. The number of aryl methyl sites for hydroxylation is 2. The molecular weight excluding hydrogens is 390 g/mol. The van der Waals surface area contributed by atoms with Gasteiger partial charge in [0.25, 0.3) is 5.91 Å². The van der Waals surface area contributed by atoms with Crippen molar-refractivity contribution in [1.29, 1.82) is 0 Å². The molecule has 1 amide bonds. The van der Waals surface area contributed by atoms with Gasteiger partial charge in [-0.1, -0.05) is 38.1 Å². The fraction of sp³-hybridized carbons (Fsp3) is 0.458. The average Bonchev–Trinajstić information content (AvgIpc) is 3.06. The Hall–Kier alpha value is -2.77. The molecule has 0 saturated carbocycles. The normalized spacial score (nSPS) is 15.0. The Kier molecular flexibility index (Phi) is 6.34. The number of carbonyl (C=O) groups excluding carboxylic acids is 1. The van der Waals surface area contributed by atoms with Gasteiger partial charge in [-0.3, -0.25) is 14.4 Å². The molecule has 1 saturated heterocycles. The van der Waals surface area contributed by atoms with Gasteiger partial charge in [0, 0.05) is 38.9 Å². The maximum Gasteiger partial charge on any atom is 0.252 e. The van der Waals surface area contributed by atoms with Gasteiger partial charge in [0.1, 0.15) is 0 Å². The van der Waals surface area contributed by atoms with E-state index in [4.69, 9.17) is 9.72 Å². The van der Waals surface area contributed by atoms with Crippen LogP contribution in [-0.2, 0) is 24.9 Å². The van der Waals surface area contributed by atoms with Crippen LogP contribution in [0, 0.1) is 6.92 Å². The van der Waals surface area contributed by atoms with Crippen molar-refractivity contribution in [2.75, 3.05) is 26.3 Å². The Balaban J connectivity index is 1.56. The summed E-state index contributed by atoms with van der Waals surface area (Å²) in [5, 5.41) is 8.46. The van der Waals surface area contributed by atoms with Gasteiger partial charge >= 0.3 is 0 Å². The van der Waals surface area contributed by atoms with Gasteiger partial charge in [0.05, 0.1) is 29.9 Å². The van der Waals surface area contributed by atoms with Crippen LogP contribution in [0.15, 0.2) is 30.3 Å². The fourth-order valence-electron chi connectivity index (χ4n) is 4.09. The number of ether oxygens (including phenoxy) is 1. The van der Waals surface area contributed by atoms with Gasteiger partial charge in [-0.15, -0.1) is 0 Å². The number of morpholine rings is 1. The summed E-state index contributed by atoms with van der Waals surface area (Å²) in [7, 11) is 1.87. The Morgan fingerprint density at radius 2 is 1.90 bits per heavy atom. The lowest BCUT2D eigenvalue weighted by atomic mass is 10.0. The third-order valence-electron chi connectivity index (χ3n) is 5.88. The second-order valence-electron chi connectivity index (χ2n) is 8.50. The van der Waals surface area contributed by atoms with Crippen molar-refractivity contribution in [2.45, 2.75) is 39.8 Å². The third kappa shape index (κ3) is 4.62. The molecule has 31 heavy (non-hydrogen) atoms. The number of nitrogens with zero attached hydrogens (tertiary/aromatic N) is 4. The maximum atomic E-state index is 13.3. The zero-order valence-corrected chi connectivity index (χ0v) is 18.8. The van der Waals surface area contributed by atoms with Gasteiger partial charge in [-0.25, -0.2) is 4.98 Å². The Morgan fingerprint density at radius 1 is 1.19 bits per heavy atom. The van der Waals surface area contributed by atoms with Crippen molar-refractivity contribution in [2.24, 2.45) is 7.05 Å². The zero-order valence-electron chi connectivity index (χ0n) is 18.8. The lowest BCUT2D eigenvalue weighted by Crippen LogP contribution is -2.36. The first-order valence-corrected chi connectivity index (χ1v) is 10.9. The van der Waals surface area contributed by atoms with Crippen LogP contribution in [0.1, 0.15) is 52.6 Å². The predicted molar refractivity (Wildman–Crippen MR) is 121 cm³/mol. The smallest absolute Gasteiger partial charge is 0.252 e. The van der Waals surface area contributed by atoms with E-state index in [0.717, 1.165) is 60.8 Å². The number of pyridine rings is 1. The lowest BCUT2D eigenvalue weighted by molar-refractivity contribution is 0.0340. The van der Waals surface area contributed by atoms with Crippen LogP contribution in [0.2, 0.25) is 0 Å². The van der Waals surface area contributed by atoms with Crippen molar-refractivity contribution < 1.29 is 9.53 Å². The average molecular weight is 422 g/mol. The fourth-order valence-corrected chi connectivity index (χ4v) is 4.09. The summed E-state index contributed by atoms with van der Waals surface area (Å²) >= 11 is 0. The molecule has 1 aliphatic heterocycles. The molecule has 1 N–H and O–H groups in total. The second-order valence-corrected chi connectivity index (χ2v) is 8.50. The molecule has 0 spiro atoms. The number of hydrogen-bond acceptors (Lipinski definition) is 5. The van der Waals surface area contributed by atoms with Crippen molar-refractivity contribution in [3.8, 4) is 0 Å². The highest BCUT2D eigenvalue weighted by Crippen LogP contribution is 2.25. The molecule has 7 heteroatoms. The standard InChI is InChI=1S/C24H31N5O2/c1-16(2)21-13-20(22-17(3)27-28(4)23(22)26-21)24(30)25-14-18-7-5-6-8-19(18)15-29-9-11-31-12-10-29/h5-8,13,16H,9-12,14-15H2,1-4H3,(H,25,30). The van der Waals surface area contributed by atoms with Crippen LogP contribution < -0.4 is 5.32 Å². The highest BCUT2D eigenvalue weighted by Gasteiger charge is 2.20. The molecule has 0 aliphatic carbocycles. The first-order chi connectivity index (χ1) is 14.9. The van der Waals surface area contributed by atoms with E-state index in [1.807, 2.05) is 26.1 Å². The van der Waals surface area contributed by atoms with E-state index < -0.39 is 0 Å². The van der Waals surface area contributed by atoms with E-state index in [0.29, 0.717) is 12.1 Å². The van der Waals surface area contributed by atoms with Crippen molar-refractivity contribution in [3.05, 3.63) is 58.4 Å². The molecule has 2 aromatic heterocycles. The van der Waals surface area contributed by atoms with Crippen molar-refractivity contribution in [3.63, 3.8) is 0 Å². The van der Waals surface area contributed by atoms with Crippen LogP contribution in [-0.4, -0.2) is 51.9 Å². The van der Waals surface area contributed by atoms with Gasteiger partial charge in [-0.05, 0) is 30.0 Å². The molecule has 7 nitrogen and oxygen atoms in total. The molecule has 3 aromatic rings. The quantitative estimate of drug-likeness (QED) is 0.662. The molecule has 0 radical (unpaired) electrons. The highest BCUT2D eigenvalue weighted by molar-refractivity contribution is 6.06. The van der Waals surface area contributed by atoms with Crippen LogP contribution in [0.5, 0.6) is 0 Å². The monoisotopic (exact) mass is 421 g/mol. The molecule has 4 rings (SSSR count). The molecule has 1 aromatic carbocycles. The summed E-state index contributed by atoms with van der Waals surface area (Å²) < 4.78 is 7.21. The van der Waals surface area contributed by atoms with E-state index in [1.54, 1.807) is 4.68 Å². The highest BCUT2D eigenvalue weighted by atomic mass is 16.5. The summed E-state index contributed by atoms with van der Waals surface area (Å²) in [4.78, 5) is 20.4. The topological polar surface area (TPSA) is 72.3 Å². The predicted octanol–water partition coefficient (Wildman–Crippen LogP) is 3.16. The summed E-state index contributed by atoms with van der Waals surface area (Å²) in [6.07, 6.45) is 0. The van der Waals surface area contributed by atoms with Crippen LogP contribution in [0.25, 0.3) is 11.0 Å². The van der Waals surface area contributed by atoms with Crippen LogP contribution in [0.4, 0.5) is 0 Å². The van der Waals surface area contributed by atoms with Gasteiger partial charge in [0.2, 0.25) is 0 Å². The maximum absolute atomic E-state index is 13.3. The van der Waals surface area contributed by atoms with Crippen molar-refractivity contribution in [1.82, 2.24) is 25.0 Å². The number of nitrogens with one attached hydrogen (secondary N) is 1. The van der Waals surface area contributed by atoms with E-state index in [9.17, 15) is 4.79 Å². The summed E-state index contributed by atoms with van der Waals surface area (Å²) in [6.45, 7) is 10.9. The first-order valence-electron chi connectivity index (χ1n) is 10.9. The number of rotatable bonds is 6. The first kappa shape index (κ1) is 21.5. The van der Waals surface area contributed by atoms with Crippen molar-refractivity contribution >= 4 is 16.9 Å². The minimum absolute atomic E-state index is 0.0911. The second kappa shape index (κ2) is 9.16. The Morgan fingerprint density at radius 3 is 2.61 bits per heavy atom. The number of benzene rings is 1. The molecule has 1 fully saturated rings. The Labute approximate surface area is 183 Å². The largest absolute Gasteiger partial charge is 0.379 e. The molecular formula is C24H31N5O2. The SMILES string of the molecule is Cc1nn(C)c2nc(C(C)C)cc(C(=O)NCc3ccccc3CN3CCOCC3)c12. The van der Waals surface area contributed by atoms with E-state index >= 15 is 0 Å². The van der Waals surface area contributed by atoms with E-state index in [1.165, 1.54) is 5.56 Å². The van der Waals surface area contributed by atoms with Crippen LogP contribution in [0.3, 0.4) is 0 Å². The van der Waals surface area contributed by atoms with E-state index in [-0.39, 0.29) is 11.8 Å². The number of fused-ring (bicyclic) bond motifs is 1. The lowest BCUT2D eigenvalue weighted by Gasteiger charge is -2.27. The molecule has 0 atom stereocenters. The van der Waals surface area contributed by atoms with E-state index in [2.05, 4.69) is 47.4 Å². The minimum Gasteiger partial charge on any atom is -0.379 e. The van der Waals surface area contributed by atoms with Gasteiger partial charge in [-0.2, -0.15) is 5.10 Å². The van der Waals surface area contributed by atoms with Gasteiger partial charge in [0.15, 0.2) is 5.65 Å². The molecule has 1 aliphatic rings. The number of aromatic nitrogens is 3. The molecule has 0 bridgehead atoms. The molecule has 3 heterocycles. The minimum atomic E-state index is -0.0911. The zero-order chi connectivity index (χ0) is 22.0. The van der Waals surface area contributed by atoms with Crippen LogP contribution >= 0.6 is 0 Å². The van der Waals surface area contributed by atoms with Gasteiger partial charge < -0.3 is 10.1 Å². The number of hydrogen-bond donors (Lipinski definition) is 1. The summed E-state index contributed by atoms with van der Waals surface area (Å²) in [5.74, 6) is 0.131. The summed E-state index contributed by atoms with van der Waals surface area (Å²) in [6, 6.07) is 10.2. The summed E-state index contributed by atoms with van der Waals surface area (Å²) in [5.41, 5.74) is 5.49. The third-order valence-corrected chi connectivity index (χ3v) is 5.88. The number of amides is 1. The molecule has 0 unspecified atom stereocenters. The molecule has 164 valence electrons.